The van der Waals surface area contributed by atoms with Gasteiger partial charge >= 0.3 is 11.9 Å². The monoisotopic (exact) mass is 554 g/mol. The molecule has 10 heteroatoms. The number of carbonyl (C=O) groups is 4. The average molecular weight is 555 g/mol. The molecule has 0 bridgehead atoms. The molecule has 38 heavy (non-hydrogen) atoms. The van der Waals surface area contributed by atoms with E-state index in [2.05, 4.69) is 5.32 Å². The zero-order valence-electron chi connectivity index (χ0n) is 20.9. The van der Waals surface area contributed by atoms with E-state index in [1.807, 2.05) is 60.0 Å². The molecule has 0 aliphatic carbocycles. The molecule has 0 spiro atoms. The van der Waals surface area contributed by atoms with Gasteiger partial charge in [-0.05, 0) is 46.2 Å². The molecule has 1 aliphatic heterocycles. The van der Waals surface area contributed by atoms with E-state index < -0.39 is 36.0 Å². The average Bonchev–Trinajstić information content (AvgIpc) is 3.52. The number of nitrogens with zero attached hydrogens (tertiary/aromatic N) is 1. The Morgan fingerprint density at radius 1 is 0.947 bits per heavy atom. The predicted octanol–water partition coefficient (Wildman–Crippen LogP) is 4.01. The standard InChI is InChI=1S/C28H27ClN2O6S/c1-17(32)36-25(26(37-18(2)33)28(35)31-14-21-8-3-4-9-22(21)15-31)27(34)30-13-23-12-19(16-38-23)11-20-7-5-6-10-24(20)29/h3-10,12,16,25-26H,11,13-15H2,1-2H3,(H,30,34)/t25-,26-/m1/s1. The first-order chi connectivity index (χ1) is 18.2. The number of rotatable bonds is 9. The lowest BCUT2D eigenvalue weighted by Gasteiger charge is -2.28. The number of hydrogen-bond acceptors (Lipinski definition) is 7. The van der Waals surface area contributed by atoms with Crippen molar-refractivity contribution in [3.05, 3.63) is 92.1 Å². The molecule has 0 fully saturated rings. The molecule has 1 aromatic heterocycles. The van der Waals surface area contributed by atoms with Crippen LogP contribution in [-0.2, 0) is 54.7 Å². The molecule has 4 rings (SSSR count). The summed E-state index contributed by atoms with van der Waals surface area (Å²) >= 11 is 7.72. The van der Waals surface area contributed by atoms with Crippen LogP contribution in [0.15, 0.2) is 60.0 Å². The molecule has 1 N–H and O–H groups in total. The SMILES string of the molecule is CC(=O)O[C@@H](C(=O)NCc1cc(Cc2ccccc2Cl)cs1)[C@@H](OC(C)=O)C(=O)N1Cc2ccccc2C1. The van der Waals surface area contributed by atoms with Crippen molar-refractivity contribution in [2.75, 3.05) is 0 Å². The van der Waals surface area contributed by atoms with Gasteiger partial charge in [0.25, 0.3) is 11.8 Å². The zero-order chi connectivity index (χ0) is 27.2. The van der Waals surface area contributed by atoms with Crippen LogP contribution in [-0.4, -0.2) is 40.9 Å². The van der Waals surface area contributed by atoms with E-state index in [0.717, 1.165) is 41.0 Å². The van der Waals surface area contributed by atoms with Crippen molar-refractivity contribution >= 4 is 46.7 Å². The highest BCUT2D eigenvalue weighted by molar-refractivity contribution is 7.10. The molecule has 0 radical (unpaired) electrons. The van der Waals surface area contributed by atoms with Gasteiger partial charge in [-0.3, -0.25) is 19.2 Å². The minimum atomic E-state index is -1.64. The van der Waals surface area contributed by atoms with Gasteiger partial charge in [-0.2, -0.15) is 0 Å². The third-order valence-electron chi connectivity index (χ3n) is 6.01. The number of esters is 2. The largest absolute Gasteiger partial charge is 0.448 e. The molecule has 1 aliphatic rings. The van der Waals surface area contributed by atoms with Crippen molar-refractivity contribution in [2.45, 2.75) is 52.1 Å². The molecule has 2 atom stereocenters. The first-order valence-electron chi connectivity index (χ1n) is 12.0. The lowest BCUT2D eigenvalue weighted by molar-refractivity contribution is -0.178. The fourth-order valence-electron chi connectivity index (χ4n) is 4.27. The fourth-order valence-corrected chi connectivity index (χ4v) is 5.30. The minimum absolute atomic E-state index is 0.139. The summed E-state index contributed by atoms with van der Waals surface area (Å²) in [6.45, 7) is 2.99. The number of amides is 2. The van der Waals surface area contributed by atoms with E-state index in [-0.39, 0.29) is 6.54 Å². The highest BCUT2D eigenvalue weighted by Crippen LogP contribution is 2.25. The van der Waals surface area contributed by atoms with Crippen molar-refractivity contribution in [3.8, 4) is 0 Å². The summed E-state index contributed by atoms with van der Waals surface area (Å²) in [5, 5.41) is 5.37. The minimum Gasteiger partial charge on any atom is -0.448 e. The van der Waals surface area contributed by atoms with Gasteiger partial charge in [-0.25, -0.2) is 0 Å². The van der Waals surface area contributed by atoms with Crippen molar-refractivity contribution in [2.24, 2.45) is 0 Å². The highest BCUT2D eigenvalue weighted by atomic mass is 35.5. The van der Waals surface area contributed by atoms with Crippen LogP contribution < -0.4 is 5.32 Å². The Bertz CT molecular complexity index is 1330. The van der Waals surface area contributed by atoms with Crippen LogP contribution in [0.5, 0.6) is 0 Å². The summed E-state index contributed by atoms with van der Waals surface area (Å²) < 4.78 is 10.5. The molecule has 2 heterocycles. The van der Waals surface area contributed by atoms with Gasteiger partial charge < -0.3 is 19.7 Å². The normalized spacial score (nSPS) is 13.8. The molecular weight excluding hydrogens is 528 g/mol. The molecule has 3 aromatic rings. The van der Waals surface area contributed by atoms with Gasteiger partial charge in [0.05, 0.1) is 6.54 Å². The fraction of sp³-hybridized carbons (Fsp3) is 0.286. The molecule has 0 saturated heterocycles. The van der Waals surface area contributed by atoms with Gasteiger partial charge in [0.2, 0.25) is 12.2 Å². The number of nitrogens with one attached hydrogen (secondary N) is 1. The predicted molar refractivity (Wildman–Crippen MR) is 142 cm³/mol. The van der Waals surface area contributed by atoms with E-state index in [9.17, 15) is 19.2 Å². The molecule has 2 amide bonds. The Morgan fingerprint density at radius 3 is 2.18 bits per heavy atom. The number of ether oxygens (including phenoxy) is 2. The molecule has 0 saturated carbocycles. The second-order valence-corrected chi connectivity index (χ2v) is 10.3. The first kappa shape index (κ1) is 27.3. The number of carbonyl (C=O) groups excluding carboxylic acids is 4. The Kier molecular flexibility index (Phi) is 8.81. The summed E-state index contributed by atoms with van der Waals surface area (Å²) in [6.07, 6.45) is -2.62. The number of benzene rings is 2. The lowest BCUT2D eigenvalue weighted by Crippen LogP contribution is -2.53. The zero-order valence-corrected chi connectivity index (χ0v) is 22.5. The van der Waals surface area contributed by atoms with E-state index in [1.165, 1.54) is 16.2 Å². The van der Waals surface area contributed by atoms with E-state index in [1.54, 1.807) is 0 Å². The van der Waals surface area contributed by atoms with E-state index in [4.69, 9.17) is 21.1 Å². The molecule has 198 valence electrons. The smallest absolute Gasteiger partial charge is 0.303 e. The Labute approximate surface area is 229 Å². The molecular formula is C28H27ClN2O6S. The quantitative estimate of drug-likeness (QED) is 0.401. The maximum Gasteiger partial charge on any atom is 0.303 e. The maximum atomic E-state index is 13.4. The number of thiophene rings is 1. The molecule has 2 aromatic carbocycles. The van der Waals surface area contributed by atoms with Crippen LogP contribution in [0.25, 0.3) is 0 Å². The Balaban J connectivity index is 1.46. The second-order valence-electron chi connectivity index (χ2n) is 8.93. The van der Waals surface area contributed by atoms with Crippen molar-refractivity contribution in [1.82, 2.24) is 10.2 Å². The second kappa shape index (κ2) is 12.2. The van der Waals surface area contributed by atoms with Gasteiger partial charge in [-0.1, -0.05) is 54.1 Å². The summed E-state index contributed by atoms with van der Waals surface area (Å²) in [7, 11) is 0. The van der Waals surface area contributed by atoms with E-state index >= 15 is 0 Å². The third-order valence-corrected chi connectivity index (χ3v) is 7.37. The lowest BCUT2D eigenvalue weighted by atomic mass is 10.1. The van der Waals surface area contributed by atoms with Gasteiger partial charge in [0.15, 0.2) is 0 Å². The first-order valence-corrected chi connectivity index (χ1v) is 13.2. The summed E-state index contributed by atoms with van der Waals surface area (Å²) in [4.78, 5) is 52.7. The van der Waals surface area contributed by atoms with Crippen molar-refractivity contribution < 1.29 is 28.7 Å². The number of halogens is 1. The Morgan fingerprint density at radius 2 is 1.55 bits per heavy atom. The van der Waals surface area contributed by atoms with Crippen LogP contribution in [0.2, 0.25) is 5.02 Å². The van der Waals surface area contributed by atoms with Gasteiger partial charge in [0, 0.05) is 36.8 Å². The van der Waals surface area contributed by atoms with Crippen LogP contribution in [0.1, 0.15) is 41.0 Å². The maximum absolute atomic E-state index is 13.4. The van der Waals surface area contributed by atoms with Gasteiger partial charge in [-0.15, -0.1) is 11.3 Å². The van der Waals surface area contributed by atoms with Crippen LogP contribution in [0, 0.1) is 0 Å². The van der Waals surface area contributed by atoms with Crippen molar-refractivity contribution in [3.63, 3.8) is 0 Å². The third kappa shape index (κ3) is 6.79. The summed E-state index contributed by atoms with van der Waals surface area (Å²) in [5.74, 6) is -2.90. The molecule has 8 nitrogen and oxygen atoms in total. The highest BCUT2D eigenvalue weighted by Gasteiger charge is 2.42. The number of fused-ring (bicyclic) bond motifs is 1. The number of hydrogen-bond donors (Lipinski definition) is 1. The summed E-state index contributed by atoms with van der Waals surface area (Å²) in [6, 6.07) is 17.1. The Hall–Kier alpha value is -3.69. The van der Waals surface area contributed by atoms with Crippen LogP contribution in [0.3, 0.4) is 0 Å². The van der Waals surface area contributed by atoms with Gasteiger partial charge in [0.1, 0.15) is 0 Å². The van der Waals surface area contributed by atoms with Crippen LogP contribution >= 0.6 is 22.9 Å². The summed E-state index contributed by atoms with van der Waals surface area (Å²) in [5.41, 5.74) is 3.94. The topological polar surface area (TPSA) is 102 Å². The van der Waals surface area contributed by atoms with Crippen LogP contribution in [0.4, 0.5) is 0 Å². The molecule has 0 unspecified atom stereocenters. The van der Waals surface area contributed by atoms with Crippen molar-refractivity contribution in [1.29, 1.82) is 0 Å². The van der Waals surface area contributed by atoms with E-state index in [0.29, 0.717) is 24.5 Å².